The van der Waals surface area contributed by atoms with Crippen LogP contribution in [0.3, 0.4) is 0 Å². The highest BCUT2D eigenvalue weighted by Gasteiger charge is 2.20. The molecule has 0 atom stereocenters. The summed E-state index contributed by atoms with van der Waals surface area (Å²) < 4.78 is 6.13. The molecular weight excluding hydrogens is 541 g/mol. The van der Waals surface area contributed by atoms with Crippen molar-refractivity contribution in [3.05, 3.63) is 87.4 Å². The van der Waals surface area contributed by atoms with E-state index in [0.29, 0.717) is 34.7 Å². The number of aliphatic hydroxyl groups excluding tert-OH is 1. The number of ether oxygens (including phenoxy) is 1. The Kier molecular flexibility index (Phi) is 12.4. The number of likely N-dealkylation sites (tertiary alicyclic amines) is 1. The third-order valence-electron chi connectivity index (χ3n) is 7.82. The molecular formula is C34H41Cl2NO3. The number of aryl methyl sites for hydroxylation is 1. The van der Waals surface area contributed by atoms with Gasteiger partial charge in [0.25, 0.3) is 0 Å². The molecule has 0 unspecified atom stereocenters. The number of carbonyl (C=O) groups is 1. The summed E-state index contributed by atoms with van der Waals surface area (Å²) >= 11 is 12.9. The fourth-order valence-corrected chi connectivity index (χ4v) is 5.93. The zero-order valence-electron chi connectivity index (χ0n) is 23.3. The normalized spacial score (nSPS) is 14.4. The molecule has 4 rings (SSSR count). The highest BCUT2D eigenvalue weighted by molar-refractivity contribution is 6.36. The van der Waals surface area contributed by atoms with Crippen LogP contribution in [0.5, 0.6) is 5.75 Å². The molecule has 6 heteroatoms. The number of benzene rings is 3. The number of unbranched alkanes of at least 4 members (excludes halogenated alkanes) is 5. The van der Waals surface area contributed by atoms with Gasteiger partial charge in [0, 0.05) is 34.9 Å². The molecule has 0 spiro atoms. The number of piperidine rings is 1. The first-order chi connectivity index (χ1) is 19.6. The first-order valence-electron chi connectivity index (χ1n) is 14.6. The molecule has 1 fully saturated rings. The highest BCUT2D eigenvalue weighted by Crippen LogP contribution is 2.36. The predicted octanol–water partition coefficient (Wildman–Crippen LogP) is 8.64. The second-order valence-corrected chi connectivity index (χ2v) is 11.8. The Hall–Kier alpha value is -2.37. The van der Waals surface area contributed by atoms with Gasteiger partial charge in [-0.3, -0.25) is 9.69 Å². The second-order valence-electron chi connectivity index (χ2n) is 10.9. The van der Waals surface area contributed by atoms with Crippen LogP contribution in [0.25, 0.3) is 11.1 Å². The molecule has 4 nitrogen and oxygen atoms in total. The van der Waals surface area contributed by atoms with Crippen LogP contribution < -0.4 is 4.74 Å². The van der Waals surface area contributed by atoms with Crippen molar-refractivity contribution < 1.29 is 14.6 Å². The number of halogens is 2. The SMILES string of the molecule is O=Cc1ccc(Cl)c(-c2ccc(OCC3CCN(Cc4cccc(CCCCCCCCO)c4)CC3)cc2Cl)c1. The van der Waals surface area contributed by atoms with Crippen molar-refractivity contribution in [3.8, 4) is 16.9 Å². The largest absolute Gasteiger partial charge is 0.493 e. The van der Waals surface area contributed by atoms with Gasteiger partial charge in [0.1, 0.15) is 12.0 Å². The van der Waals surface area contributed by atoms with Crippen molar-refractivity contribution in [2.45, 2.75) is 64.3 Å². The highest BCUT2D eigenvalue weighted by atomic mass is 35.5. The Morgan fingerprint density at radius 3 is 2.33 bits per heavy atom. The van der Waals surface area contributed by atoms with Crippen LogP contribution in [0.1, 0.15) is 72.9 Å². The lowest BCUT2D eigenvalue weighted by molar-refractivity contribution is 0.112. The van der Waals surface area contributed by atoms with E-state index in [0.717, 1.165) is 74.9 Å². The van der Waals surface area contributed by atoms with Crippen LogP contribution in [0.2, 0.25) is 10.0 Å². The Morgan fingerprint density at radius 2 is 1.57 bits per heavy atom. The molecule has 0 radical (unpaired) electrons. The first-order valence-corrected chi connectivity index (χ1v) is 15.4. The van der Waals surface area contributed by atoms with Gasteiger partial charge in [0.05, 0.1) is 11.6 Å². The van der Waals surface area contributed by atoms with Gasteiger partial charge in [0.15, 0.2) is 0 Å². The molecule has 0 aromatic heterocycles. The minimum absolute atomic E-state index is 0.320. The number of hydrogen-bond acceptors (Lipinski definition) is 4. The van der Waals surface area contributed by atoms with Crippen LogP contribution in [0, 0.1) is 5.92 Å². The average Bonchev–Trinajstić information content (AvgIpc) is 2.97. The van der Waals surface area contributed by atoms with Crippen LogP contribution in [-0.2, 0) is 13.0 Å². The smallest absolute Gasteiger partial charge is 0.150 e. The maximum atomic E-state index is 11.2. The van der Waals surface area contributed by atoms with Gasteiger partial charge in [-0.2, -0.15) is 0 Å². The number of carbonyl (C=O) groups excluding carboxylic acids is 1. The van der Waals surface area contributed by atoms with Crippen LogP contribution in [0.15, 0.2) is 60.7 Å². The van der Waals surface area contributed by atoms with Gasteiger partial charge >= 0.3 is 0 Å². The summed E-state index contributed by atoms with van der Waals surface area (Å²) in [5.41, 5.74) is 4.94. The molecule has 1 aliphatic rings. The molecule has 3 aromatic carbocycles. The summed E-state index contributed by atoms with van der Waals surface area (Å²) in [5.74, 6) is 1.28. The molecule has 0 aliphatic carbocycles. The van der Waals surface area contributed by atoms with Crippen molar-refractivity contribution in [1.29, 1.82) is 0 Å². The molecule has 1 N–H and O–H groups in total. The third-order valence-corrected chi connectivity index (χ3v) is 8.46. The Balaban J connectivity index is 1.19. The van der Waals surface area contributed by atoms with Crippen molar-refractivity contribution in [2.75, 3.05) is 26.3 Å². The van der Waals surface area contributed by atoms with Crippen molar-refractivity contribution >= 4 is 29.5 Å². The minimum Gasteiger partial charge on any atom is -0.493 e. The quantitative estimate of drug-likeness (QED) is 0.144. The molecule has 1 aliphatic heterocycles. The van der Waals surface area contributed by atoms with Crippen LogP contribution in [-0.4, -0.2) is 42.6 Å². The van der Waals surface area contributed by atoms with Gasteiger partial charge in [-0.1, -0.05) is 79.2 Å². The van der Waals surface area contributed by atoms with Gasteiger partial charge in [-0.25, -0.2) is 0 Å². The van der Waals surface area contributed by atoms with E-state index in [9.17, 15) is 4.79 Å². The molecule has 1 heterocycles. The lowest BCUT2D eigenvalue weighted by Crippen LogP contribution is -2.35. The monoisotopic (exact) mass is 581 g/mol. The van der Waals surface area contributed by atoms with Gasteiger partial charge < -0.3 is 9.84 Å². The van der Waals surface area contributed by atoms with E-state index < -0.39 is 0 Å². The number of rotatable bonds is 15. The lowest BCUT2D eigenvalue weighted by Gasteiger charge is -2.32. The van der Waals surface area contributed by atoms with E-state index in [1.807, 2.05) is 18.2 Å². The van der Waals surface area contributed by atoms with E-state index in [2.05, 4.69) is 29.2 Å². The molecule has 1 saturated heterocycles. The van der Waals surface area contributed by atoms with E-state index >= 15 is 0 Å². The summed E-state index contributed by atoms with van der Waals surface area (Å²) in [6.07, 6.45) is 11.3. The van der Waals surface area contributed by atoms with Crippen molar-refractivity contribution in [3.63, 3.8) is 0 Å². The average molecular weight is 583 g/mol. The summed E-state index contributed by atoms with van der Waals surface area (Å²) in [7, 11) is 0. The fourth-order valence-electron chi connectivity index (χ4n) is 5.44. The second kappa shape index (κ2) is 16.2. The lowest BCUT2D eigenvalue weighted by atomic mass is 9.97. The van der Waals surface area contributed by atoms with Crippen molar-refractivity contribution in [2.24, 2.45) is 5.92 Å². The molecule has 0 amide bonds. The Morgan fingerprint density at radius 1 is 0.825 bits per heavy atom. The van der Waals surface area contributed by atoms with Crippen LogP contribution in [0.4, 0.5) is 0 Å². The topological polar surface area (TPSA) is 49.8 Å². The molecule has 3 aromatic rings. The minimum atomic E-state index is 0.320. The first kappa shape index (κ1) is 30.6. The summed E-state index contributed by atoms with van der Waals surface area (Å²) in [5, 5.41) is 9.99. The van der Waals surface area contributed by atoms with Crippen molar-refractivity contribution in [1.82, 2.24) is 4.90 Å². The Bertz CT molecular complexity index is 1220. The Labute approximate surface area is 249 Å². The van der Waals surface area contributed by atoms with Gasteiger partial charge in [-0.05, 0) is 92.6 Å². The molecule has 0 bridgehead atoms. The molecule has 40 heavy (non-hydrogen) atoms. The summed E-state index contributed by atoms with van der Waals surface area (Å²) in [4.78, 5) is 13.7. The number of hydrogen-bond donors (Lipinski definition) is 1. The summed E-state index contributed by atoms with van der Waals surface area (Å²) in [6, 6.07) is 19.9. The maximum absolute atomic E-state index is 11.2. The molecule has 0 saturated carbocycles. The van der Waals surface area contributed by atoms with E-state index in [-0.39, 0.29) is 0 Å². The van der Waals surface area contributed by atoms with Crippen LogP contribution >= 0.6 is 23.2 Å². The fraction of sp³-hybridized carbons (Fsp3) is 0.441. The summed E-state index contributed by atoms with van der Waals surface area (Å²) in [6.45, 7) is 4.17. The third kappa shape index (κ3) is 9.34. The molecule has 214 valence electrons. The number of aldehydes is 1. The maximum Gasteiger partial charge on any atom is 0.150 e. The zero-order valence-corrected chi connectivity index (χ0v) is 24.8. The van der Waals surface area contributed by atoms with Gasteiger partial charge in [0.2, 0.25) is 0 Å². The zero-order chi connectivity index (χ0) is 28.2. The standard InChI is InChI=1S/C34H41Cl2NO3/c35-33-14-11-29(24-39)21-32(33)31-13-12-30(22-34(31)36)40-25-27-15-17-37(18-16-27)23-28-10-7-9-26(20-28)8-5-3-1-2-4-6-19-38/h7,9-14,20-22,24,27,38H,1-6,8,15-19,23,25H2. The van der Waals surface area contributed by atoms with E-state index in [1.165, 1.54) is 36.8 Å². The predicted molar refractivity (Wildman–Crippen MR) is 166 cm³/mol. The van der Waals surface area contributed by atoms with E-state index in [1.54, 1.807) is 18.2 Å². The number of nitrogens with zero attached hydrogens (tertiary/aromatic N) is 1. The number of aliphatic hydroxyl groups is 1. The van der Waals surface area contributed by atoms with E-state index in [4.69, 9.17) is 33.0 Å². The van der Waals surface area contributed by atoms with Gasteiger partial charge in [-0.15, -0.1) is 0 Å².